The molecule has 0 saturated carbocycles. The monoisotopic (exact) mass is 192 g/mol. The molecule has 0 aliphatic rings. The molecule has 1 aromatic carbocycles. The molecule has 2 aromatic rings. The number of nitrogens with one attached hydrogen (secondary N) is 2. The summed E-state index contributed by atoms with van der Waals surface area (Å²) in [6.07, 6.45) is 0. The summed E-state index contributed by atoms with van der Waals surface area (Å²) >= 11 is 0. The van der Waals surface area contributed by atoms with Crippen molar-refractivity contribution in [3.63, 3.8) is 0 Å². The summed E-state index contributed by atoms with van der Waals surface area (Å²) in [5.41, 5.74) is 5.53. The zero-order valence-electron chi connectivity index (χ0n) is 7.15. The zero-order chi connectivity index (χ0) is 10.1. The van der Waals surface area contributed by atoms with E-state index in [1.165, 1.54) is 0 Å². The molecule has 1 heterocycles. The minimum Gasteiger partial charge on any atom is -0.399 e. The van der Waals surface area contributed by atoms with Gasteiger partial charge in [0.15, 0.2) is 0 Å². The molecular weight excluding hydrogens is 184 g/mol. The van der Waals surface area contributed by atoms with Crippen molar-refractivity contribution in [2.24, 2.45) is 0 Å². The summed E-state index contributed by atoms with van der Waals surface area (Å²) in [5, 5.41) is 4.38. The zero-order valence-corrected chi connectivity index (χ0v) is 7.15. The number of nitrogen functional groups attached to an aromatic ring is 1. The largest absolute Gasteiger partial charge is 0.399 e. The first-order chi connectivity index (χ1) is 6.68. The van der Waals surface area contributed by atoms with Gasteiger partial charge in [-0.05, 0) is 24.3 Å². The lowest BCUT2D eigenvalue weighted by molar-refractivity contribution is 0.952. The lowest BCUT2D eigenvalue weighted by atomic mass is 10.3. The summed E-state index contributed by atoms with van der Waals surface area (Å²) in [6, 6.07) is 6.43. The molecule has 4 N–H and O–H groups in total. The van der Waals surface area contributed by atoms with Crippen LogP contribution in [0.15, 0.2) is 33.9 Å². The number of nitrogens with zero attached hydrogens (tertiary/aromatic N) is 1. The van der Waals surface area contributed by atoms with Crippen LogP contribution in [-0.4, -0.2) is 14.8 Å². The maximum atomic E-state index is 11.2. The molecule has 0 aliphatic heterocycles. The lowest BCUT2D eigenvalue weighted by Gasteiger charge is -1.98. The molecule has 0 radical (unpaired) electrons. The average Bonchev–Trinajstić information content (AvgIpc) is 2.49. The van der Waals surface area contributed by atoms with Crippen LogP contribution in [-0.2, 0) is 0 Å². The first kappa shape index (κ1) is 8.36. The third-order valence-electron chi connectivity index (χ3n) is 1.83. The van der Waals surface area contributed by atoms with Crippen LogP contribution in [0.3, 0.4) is 0 Å². The Balaban J connectivity index is 2.66. The number of benzene rings is 1. The molecule has 14 heavy (non-hydrogen) atoms. The molecule has 0 aliphatic carbocycles. The number of aromatic nitrogens is 3. The Bertz CT molecular complexity index is 518. The number of H-pyrrole nitrogens is 2. The molecule has 0 unspecified atom stereocenters. The fourth-order valence-corrected chi connectivity index (χ4v) is 1.17. The van der Waals surface area contributed by atoms with Gasteiger partial charge in [0.2, 0.25) is 0 Å². The van der Waals surface area contributed by atoms with Crippen LogP contribution < -0.4 is 17.1 Å². The van der Waals surface area contributed by atoms with E-state index in [-0.39, 0.29) is 0 Å². The van der Waals surface area contributed by atoms with Crippen molar-refractivity contribution in [3.05, 3.63) is 45.2 Å². The van der Waals surface area contributed by atoms with Crippen molar-refractivity contribution in [1.82, 2.24) is 14.8 Å². The molecule has 0 amide bonds. The van der Waals surface area contributed by atoms with Gasteiger partial charge in [-0.25, -0.2) is 24.4 Å². The molecule has 6 nitrogen and oxygen atoms in total. The van der Waals surface area contributed by atoms with E-state index in [2.05, 4.69) is 10.2 Å². The number of aromatic amines is 2. The fraction of sp³-hybridized carbons (Fsp3) is 0. The predicted octanol–water partition coefficient (Wildman–Crippen LogP) is -0.564. The van der Waals surface area contributed by atoms with Crippen molar-refractivity contribution >= 4 is 5.69 Å². The topological polar surface area (TPSA) is 96.7 Å². The van der Waals surface area contributed by atoms with E-state index >= 15 is 0 Å². The fourth-order valence-electron chi connectivity index (χ4n) is 1.17. The maximum absolute atomic E-state index is 11.2. The maximum Gasteiger partial charge on any atom is 0.348 e. The van der Waals surface area contributed by atoms with Crippen LogP contribution in [0.25, 0.3) is 5.69 Å². The third-order valence-corrected chi connectivity index (χ3v) is 1.83. The summed E-state index contributed by atoms with van der Waals surface area (Å²) in [7, 11) is 0. The van der Waals surface area contributed by atoms with Gasteiger partial charge < -0.3 is 5.73 Å². The first-order valence-electron chi connectivity index (χ1n) is 3.94. The van der Waals surface area contributed by atoms with E-state index < -0.39 is 11.4 Å². The van der Waals surface area contributed by atoms with Crippen molar-refractivity contribution in [2.75, 3.05) is 5.73 Å². The highest BCUT2D eigenvalue weighted by Crippen LogP contribution is 2.06. The van der Waals surface area contributed by atoms with Gasteiger partial charge in [0.25, 0.3) is 0 Å². The average molecular weight is 192 g/mol. The highest BCUT2D eigenvalue weighted by Gasteiger charge is 2.04. The highest BCUT2D eigenvalue weighted by atomic mass is 16.2. The van der Waals surface area contributed by atoms with E-state index in [0.717, 1.165) is 4.57 Å². The Kier molecular flexibility index (Phi) is 1.74. The van der Waals surface area contributed by atoms with Crippen molar-refractivity contribution in [1.29, 1.82) is 0 Å². The van der Waals surface area contributed by atoms with Gasteiger partial charge >= 0.3 is 11.4 Å². The summed E-state index contributed by atoms with van der Waals surface area (Å²) in [4.78, 5) is 22.3. The van der Waals surface area contributed by atoms with E-state index in [9.17, 15) is 9.59 Å². The second-order valence-electron chi connectivity index (χ2n) is 2.79. The number of hydrogen-bond acceptors (Lipinski definition) is 3. The summed E-state index contributed by atoms with van der Waals surface area (Å²) in [5.74, 6) is 0. The van der Waals surface area contributed by atoms with E-state index in [1.807, 2.05) is 0 Å². The van der Waals surface area contributed by atoms with Crippen LogP contribution in [0, 0.1) is 0 Å². The van der Waals surface area contributed by atoms with Gasteiger partial charge in [0, 0.05) is 5.69 Å². The second kappa shape index (κ2) is 2.91. The van der Waals surface area contributed by atoms with E-state index in [4.69, 9.17) is 5.73 Å². The number of nitrogens with two attached hydrogens (primary N) is 1. The van der Waals surface area contributed by atoms with Gasteiger partial charge in [-0.1, -0.05) is 0 Å². The molecular formula is C8H8N4O2. The highest BCUT2D eigenvalue weighted by molar-refractivity contribution is 5.44. The van der Waals surface area contributed by atoms with Crippen LogP contribution in [0.1, 0.15) is 0 Å². The number of hydrogen-bond donors (Lipinski definition) is 3. The summed E-state index contributed by atoms with van der Waals surface area (Å²) in [6.45, 7) is 0. The predicted molar refractivity (Wildman–Crippen MR) is 51.4 cm³/mol. The van der Waals surface area contributed by atoms with Crippen LogP contribution in [0.5, 0.6) is 0 Å². The molecule has 1 aromatic heterocycles. The molecule has 6 heteroatoms. The molecule has 0 atom stereocenters. The van der Waals surface area contributed by atoms with Crippen LogP contribution in [0.2, 0.25) is 0 Å². The van der Waals surface area contributed by atoms with E-state index in [0.29, 0.717) is 11.4 Å². The number of anilines is 1. The molecule has 0 spiro atoms. The Hall–Kier alpha value is -2.24. The quantitative estimate of drug-likeness (QED) is 0.528. The normalized spacial score (nSPS) is 10.3. The molecule has 0 bridgehead atoms. The molecule has 2 rings (SSSR count). The molecule has 0 saturated heterocycles. The van der Waals surface area contributed by atoms with Crippen LogP contribution >= 0.6 is 0 Å². The van der Waals surface area contributed by atoms with E-state index in [1.54, 1.807) is 24.3 Å². The van der Waals surface area contributed by atoms with Gasteiger partial charge in [-0.15, -0.1) is 0 Å². The lowest BCUT2D eigenvalue weighted by Crippen LogP contribution is -2.24. The van der Waals surface area contributed by atoms with Crippen molar-refractivity contribution < 1.29 is 0 Å². The second-order valence-corrected chi connectivity index (χ2v) is 2.79. The van der Waals surface area contributed by atoms with Crippen molar-refractivity contribution in [3.8, 4) is 5.69 Å². The van der Waals surface area contributed by atoms with Gasteiger partial charge in [-0.2, -0.15) is 0 Å². The SMILES string of the molecule is Nc1ccc(-n2c(=O)[nH][nH]c2=O)cc1. The number of rotatable bonds is 1. The Morgan fingerprint density at radius 2 is 1.50 bits per heavy atom. The smallest absolute Gasteiger partial charge is 0.348 e. The minimum absolute atomic E-state index is 0.478. The third kappa shape index (κ3) is 1.22. The Morgan fingerprint density at radius 3 is 2.00 bits per heavy atom. The molecule has 0 fully saturated rings. The van der Waals surface area contributed by atoms with Gasteiger partial charge in [-0.3, -0.25) is 0 Å². The van der Waals surface area contributed by atoms with Crippen LogP contribution in [0.4, 0.5) is 5.69 Å². The Morgan fingerprint density at radius 1 is 1.00 bits per heavy atom. The molecule has 72 valence electrons. The minimum atomic E-state index is -0.500. The first-order valence-corrected chi connectivity index (χ1v) is 3.94. The summed E-state index contributed by atoms with van der Waals surface area (Å²) < 4.78 is 0.986. The van der Waals surface area contributed by atoms with Gasteiger partial charge in [0.1, 0.15) is 0 Å². The Labute approximate surface area is 78.0 Å². The van der Waals surface area contributed by atoms with Gasteiger partial charge in [0.05, 0.1) is 5.69 Å². The standard InChI is InChI=1S/C8H8N4O2/c9-5-1-3-6(4-2-5)12-7(13)10-11-8(12)14/h1-4H,9H2,(H,10,13)(H,11,14). The van der Waals surface area contributed by atoms with Crippen molar-refractivity contribution in [2.45, 2.75) is 0 Å².